The third-order valence-corrected chi connectivity index (χ3v) is 4.58. The van der Waals surface area contributed by atoms with E-state index in [9.17, 15) is 30.0 Å². The fraction of sp³-hybridized carbons (Fsp3) is 0.111. The van der Waals surface area contributed by atoms with Crippen LogP contribution in [0.1, 0.15) is 6.99 Å². The molecule has 0 radical (unpaired) electrons. The number of benzene rings is 1. The number of alkyl halides is 3. The van der Waals surface area contributed by atoms with E-state index in [-0.39, 0.29) is 58.4 Å². The molecule has 2 N–H and O–H groups in total. The van der Waals surface area contributed by atoms with Crippen molar-refractivity contribution in [3.63, 3.8) is 0 Å². The third-order valence-electron chi connectivity index (χ3n) is 2.13. The van der Waals surface area contributed by atoms with Gasteiger partial charge in [0.25, 0.3) is 9.84 Å². The van der Waals surface area contributed by atoms with Gasteiger partial charge in [0.05, 0.1) is 9.79 Å². The van der Waals surface area contributed by atoms with Crippen molar-refractivity contribution < 1.29 is 82.8 Å². The van der Waals surface area contributed by atoms with Crippen molar-refractivity contribution in [2.24, 2.45) is 5.14 Å². The number of halogens is 3. The van der Waals surface area contributed by atoms with Crippen molar-refractivity contribution in [1.29, 1.82) is 0 Å². The largest absolute Gasteiger partial charge is 1.00 e. The number of nitrogens with two attached hydrogens (primary N) is 1. The maximum atomic E-state index is 12.5. The summed E-state index contributed by atoms with van der Waals surface area (Å²) in [6.45, 7) is 3.17. The van der Waals surface area contributed by atoms with Gasteiger partial charge < -0.3 is 1.43 Å². The van der Waals surface area contributed by atoms with Gasteiger partial charge in [0.1, 0.15) is 0 Å². The first kappa shape index (κ1) is 20.2. The molecule has 0 unspecified atom stereocenters. The Kier molecular flexibility index (Phi) is 6.64. The van der Waals surface area contributed by atoms with Gasteiger partial charge in [0.15, 0.2) is 0 Å². The Labute approximate surface area is 157 Å². The van der Waals surface area contributed by atoms with Crippen molar-refractivity contribution in [1.82, 2.24) is 0 Å². The molecule has 0 fully saturated rings. The van der Waals surface area contributed by atoms with E-state index in [1.807, 2.05) is 0 Å². The topological polar surface area (TPSA) is 94.3 Å². The molecular formula is C9H9F3KNO4S2. The van der Waals surface area contributed by atoms with Crippen LogP contribution >= 0.6 is 0 Å². The smallest absolute Gasteiger partial charge is 1.00 e. The Hall–Kier alpha value is 0.246. The Morgan fingerprint density at radius 3 is 2.05 bits per heavy atom. The Morgan fingerprint density at radius 2 is 1.70 bits per heavy atom. The quantitative estimate of drug-likeness (QED) is 0.660. The van der Waals surface area contributed by atoms with E-state index in [1.165, 1.54) is 0 Å². The van der Waals surface area contributed by atoms with Gasteiger partial charge in [-0.2, -0.15) is 13.2 Å². The minimum absolute atomic E-state index is 0. The van der Waals surface area contributed by atoms with E-state index in [0.29, 0.717) is 6.07 Å². The molecular weight excluding hydrogens is 346 g/mol. The molecule has 0 atom stereocenters. The minimum atomic E-state index is -5.69. The van der Waals surface area contributed by atoms with Gasteiger partial charge in [-0.15, -0.1) is 0 Å². The van der Waals surface area contributed by atoms with Crippen LogP contribution in [0.5, 0.6) is 0 Å². The monoisotopic (exact) mass is 355 g/mol. The van der Waals surface area contributed by atoms with E-state index in [0.717, 1.165) is 18.2 Å². The van der Waals surface area contributed by atoms with E-state index in [2.05, 4.69) is 6.58 Å². The third kappa shape index (κ3) is 4.13. The van der Waals surface area contributed by atoms with Crippen LogP contribution in [-0.2, 0) is 19.9 Å². The molecule has 0 saturated heterocycles. The molecule has 1 aromatic carbocycles. The number of hydrogen-bond donors (Lipinski definition) is 1. The molecule has 20 heavy (non-hydrogen) atoms. The summed E-state index contributed by atoms with van der Waals surface area (Å²) in [6.07, 6.45) is 0.867. The zero-order valence-electron chi connectivity index (χ0n) is 11.2. The first-order valence-corrected chi connectivity index (χ1v) is 7.55. The number of sulfonamides is 1. The molecule has 0 saturated carbocycles. The molecule has 0 heterocycles. The van der Waals surface area contributed by atoms with E-state index >= 15 is 0 Å². The number of rotatable bonds is 3. The van der Waals surface area contributed by atoms with Crippen LogP contribution in [0.15, 0.2) is 34.6 Å². The Bertz CT molecular complexity index is 732. The van der Waals surface area contributed by atoms with Crippen molar-refractivity contribution in [3.05, 3.63) is 30.3 Å². The van der Waals surface area contributed by atoms with Gasteiger partial charge in [-0.25, -0.2) is 22.0 Å². The van der Waals surface area contributed by atoms with Gasteiger partial charge in [-0.05, 0) is 17.7 Å². The first-order chi connectivity index (χ1) is 8.41. The second kappa shape index (κ2) is 6.56. The van der Waals surface area contributed by atoms with Crippen LogP contribution in [-0.4, -0.2) is 22.3 Å². The van der Waals surface area contributed by atoms with Gasteiger partial charge >= 0.3 is 56.9 Å². The molecule has 0 aliphatic rings. The molecule has 0 spiro atoms. The maximum Gasteiger partial charge on any atom is 1.00 e. The zero-order chi connectivity index (χ0) is 15.1. The number of hydrogen-bond acceptors (Lipinski definition) is 4. The molecule has 0 aliphatic carbocycles. The summed E-state index contributed by atoms with van der Waals surface area (Å²) in [7, 11) is -10.0. The molecule has 0 bridgehead atoms. The average Bonchev–Trinajstić information content (AvgIpc) is 2.25. The standard InChI is InChI=1S/C9H8F3NO4S2.K.H/c1-2-6-3-4-7(19(13,16)17)5-8(6)18(14,15)9(10,11)12;;/h2-5H,1H2,(H2,13,16,17);;/q;+1;-1. The first-order valence-electron chi connectivity index (χ1n) is 4.52. The van der Waals surface area contributed by atoms with Crippen LogP contribution in [0.25, 0.3) is 6.08 Å². The number of sulfone groups is 1. The average molecular weight is 355 g/mol. The zero-order valence-corrected chi connectivity index (χ0v) is 14.9. The minimum Gasteiger partial charge on any atom is -1.00 e. The summed E-state index contributed by atoms with van der Waals surface area (Å²) >= 11 is 0. The molecule has 11 heteroatoms. The molecule has 1 aromatic rings. The van der Waals surface area contributed by atoms with Gasteiger partial charge in [-0.1, -0.05) is 18.7 Å². The maximum absolute atomic E-state index is 12.5. The summed E-state index contributed by atoms with van der Waals surface area (Å²) in [5, 5.41) is 4.74. The van der Waals surface area contributed by atoms with Gasteiger partial charge in [0, 0.05) is 0 Å². The predicted molar refractivity (Wildman–Crippen MR) is 62.3 cm³/mol. The van der Waals surface area contributed by atoms with Crippen LogP contribution in [0, 0.1) is 0 Å². The predicted octanol–water partition coefficient (Wildman–Crippen LogP) is -1.61. The van der Waals surface area contributed by atoms with Crippen molar-refractivity contribution in [2.75, 3.05) is 0 Å². The summed E-state index contributed by atoms with van der Waals surface area (Å²) in [5.74, 6) is 0. The molecule has 0 aromatic heterocycles. The molecule has 1 rings (SSSR count). The summed E-state index contributed by atoms with van der Waals surface area (Å²) < 4.78 is 82.1. The Morgan fingerprint density at radius 1 is 1.20 bits per heavy atom. The van der Waals surface area contributed by atoms with E-state index < -0.39 is 35.2 Å². The summed E-state index contributed by atoms with van der Waals surface area (Å²) in [5.41, 5.74) is -5.92. The van der Waals surface area contributed by atoms with Gasteiger partial charge in [-0.3, -0.25) is 0 Å². The van der Waals surface area contributed by atoms with Crippen LogP contribution in [0.3, 0.4) is 0 Å². The van der Waals surface area contributed by atoms with E-state index in [4.69, 9.17) is 5.14 Å². The SMILES string of the molecule is C=Cc1ccc(S(N)(=O)=O)cc1S(=O)(=O)C(F)(F)F.[H-].[K+]. The number of primary sulfonamides is 1. The van der Waals surface area contributed by atoms with Crippen molar-refractivity contribution in [2.45, 2.75) is 15.3 Å². The summed E-state index contributed by atoms with van der Waals surface area (Å²) in [6, 6.07) is 2.13. The molecule has 5 nitrogen and oxygen atoms in total. The van der Waals surface area contributed by atoms with E-state index in [1.54, 1.807) is 0 Å². The fourth-order valence-electron chi connectivity index (χ4n) is 1.22. The molecule has 0 amide bonds. The van der Waals surface area contributed by atoms with Crippen molar-refractivity contribution >= 4 is 25.9 Å². The second-order valence-electron chi connectivity index (χ2n) is 3.40. The van der Waals surface area contributed by atoms with Crippen LogP contribution in [0.2, 0.25) is 0 Å². The fourth-order valence-corrected chi connectivity index (χ4v) is 2.83. The Balaban J connectivity index is 0. The van der Waals surface area contributed by atoms with Crippen molar-refractivity contribution in [3.8, 4) is 0 Å². The van der Waals surface area contributed by atoms with Crippen LogP contribution in [0.4, 0.5) is 13.2 Å². The summed E-state index contributed by atoms with van der Waals surface area (Å²) in [4.78, 5) is -1.94. The van der Waals surface area contributed by atoms with Crippen LogP contribution < -0.4 is 56.5 Å². The molecule has 108 valence electrons. The molecule has 0 aliphatic heterocycles. The van der Waals surface area contributed by atoms with Gasteiger partial charge in [0.2, 0.25) is 10.0 Å². The second-order valence-corrected chi connectivity index (χ2v) is 6.87. The normalized spacial score (nSPS) is 12.6.